The Balaban J connectivity index is 1.72. The second kappa shape index (κ2) is 7.22. The molecule has 5 nitrogen and oxygen atoms in total. The van der Waals surface area contributed by atoms with E-state index in [0.29, 0.717) is 19.1 Å². The quantitative estimate of drug-likeness (QED) is 0.716. The summed E-state index contributed by atoms with van der Waals surface area (Å²) in [6, 6.07) is 0.186. The Bertz CT molecular complexity index is 298. The smallest absolute Gasteiger partial charge is 0.227 e. The van der Waals surface area contributed by atoms with E-state index >= 15 is 0 Å². The van der Waals surface area contributed by atoms with Crippen LogP contribution in [0.2, 0.25) is 0 Å². The first-order chi connectivity index (χ1) is 9.20. The predicted molar refractivity (Wildman–Crippen MR) is 75.0 cm³/mol. The normalized spacial score (nSPS) is 31.8. The maximum atomic E-state index is 12.2. The zero-order valence-corrected chi connectivity index (χ0v) is 12.2. The van der Waals surface area contributed by atoms with Gasteiger partial charge in [-0.3, -0.25) is 4.79 Å². The van der Waals surface area contributed by atoms with Crippen LogP contribution < -0.4 is 10.6 Å². The zero-order chi connectivity index (χ0) is 13.7. The fraction of sp³-hybridized carbons (Fsp3) is 0.929. The molecule has 2 saturated heterocycles. The molecule has 0 aliphatic carbocycles. The number of likely N-dealkylation sites (tertiary alicyclic amines) is 1. The second-order valence-corrected chi connectivity index (χ2v) is 5.87. The third kappa shape index (κ3) is 4.16. The van der Waals surface area contributed by atoms with Gasteiger partial charge in [0.05, 0.1) is 19.1 Å². The van der Waals surface area contributed by atoms with Gasteiger partial charge in [0.25, 0.3) is 0 Å². The van der Waals surface area contributed by atoms with Gasteiger partial charge < -0.3 is 20.3 Å². The number of hydrogen-bond acceptors (Lipinski definition) is 4. The Kier molecular flexibility index (Phi) is 5.60. The van der Waals surface area contributed by atoms with Gasteiger partial charge in [0.2, 0.25) is 5.91 Å². The monoisotopic (exact) mass is 269 g/mol. The average Bonchev–Trinajstić information content (AvgIpc) is 3.02. The van der Waals surface area contributed by atoms with Gasteiger partial charge in [-0.2, -0.15) is 0 Å². The highest BCUT2D eigenvalue weighted by atomic mass is 16.5. The van der Waals surface area contributed by atoms with E-state index in [9.17, 15) is 4.79 Å². The number of amides is 1. The van der Waals surface area contributed by atoms with Crippen LogP contribution in [0.5, 0.6) is 0 Å². The third-order valence-electron chi connectivity index (χ3n) is 4.13. The molecule has 0 spiro atoms. The summed E-state index contributed by atoms with van der Waals surface area (Å²) in [5.74, 6) is 0.740. The molecule has 0 saturated carbocycles. The van der Waals surface area contributed by atoms with Gasteiger partial charge in [-0.25, -0.2) is 0 Å². The lowest BCUT2D eigenvalue weighted by Crippen LogP contribution is -2.45. The highest BCUT2D eigenvalue weighted by Crippen LogP contribution is 2.16. The van der Waals surface area contributed by atoms with E-state index < -0.39 is 0 Å². The maximum absolute atomic E-state index is 12.2. The lowest BCUT2D eigenvalue weighted by atomic mass is 10.0. The van der Waals surface area contributed by atoms with Crippen LogP contribution in [0, 0.1) is 11.8 Å². The molecule has 0 radical (unpaired) electrons. The van der Waals surface area contributed by atoms with Crippen molar-refractivity contribution in [3.63, 3.8) is 0 Å². The number of nitrogens with zero attached hydrogens (tertiary/aromatic N) is 1. The summed E-state index contributed by atoms with van der Waals surface area (Å²) in [5, 5.41) is 6.51. The molecule has 0 aromatic heterocycles. The van der Waals surface area contributed by atoms with Gasteiger partial charge in [-0.1, -0.05) is 6.92 Å². The molecule has 2 heterocycles. The van der Waals surface area contributed by atoms with E-state index in [4.69, 9.17) is 4.74 Å². The molecule has 3 atom stereocenters. The number of nitrogens with one attached hydrogen (secondary N) is 2. The number of ether oxygens (including phenoxy) is 1. The average molecular weight is 269 g/mol. The largest absolute Gasteiger partial charge is 0.379 e. The lowest BCUT2D eigenvalue weighted by molar-refractivity contribution is -0.125. The standard InChI is InChI=1S/C14H27N3O2/c1-3-5-15-13-10-19-9-12(13)14(18)16-7-11-4-6-17(2)8-11/h11-13,15H,3-10H2,1-2H3,(H,16,18). The first kappa shape index (κ1) is 14.8. The molecule has 2 fully saturated rings. The van der Waals surface area contributed by atoms with Crippen LogP contribution in [0.1, 0.15) is 19.8 Å². The Labute approximate surface area is 116 Å². The third-order valence-corrected chi connectivity index (χ3v) is 4.13. The van der Waals surface area contributed by atoms with Gasteiger partial charge in [-0.05, 0) is 38.9 Å². The first-order valence-electron chi connectivity index (χ1n) is 7.48. The highest BCUT2D eigenvalue weighted by Gasteiger charge is 2.33. The summed E-state index contributed by atoms with van der Waals surface area (Å²) in [7, 11) is 2.14. The van der Waals surface area contributed by atoms with E-state index in [0.717, 1.165) is 32.6 Å². The minimum absolute atomic E-state index is 0.0225. The van der Waals surface area contributed by atoms with Crippen molar-refractivity contribution in [2.45, 2.75) is 25.8 Å². The lowest BCUT2D eigenvalue weighted by Gasteiger charge is -2.19. The van der Waals surface area contributed by atoms with Crippen molar-refractivity contribution in [1.29, 1.82) is 0 Å². The van der Waals surface area contributed by atoms with Crippen molar-refractivity contribution < 1.29 is 9.53 Å². The zero-order valence-electron chi connectivity index (χ0n) is 12.2. The van der Waals surface area contributed by atoms with Crippen molar-refractivity contribution in [3.05, 3.63) is 0 Å². The van der Waals surface area contributed by atoms with Gasteiger partial charge >= 0.3 is 0 Å². The molecule has 2 N–H and O–H groups in total. The van der Waals surface area contributed by atoms with Crippen LogP contribution in [0.15, 0.2) is 0 Å². The first-order valence-corrected chi connectivity index (χ1v) is 7.48. The fourth-order valence-electron chi connectivity index (χ4n) is 2.91. The van der Waals surface area contributed by atoms with E-state index in [1.807, 2.05) is 0 Å². The summed E-state index contributed by atoms with van der Waals surface area (Å²) in [6.45, 7) is 7.34. The molecule has 2 rings (SSSR count). The van der Waals surface area contributed by atoms with E-state index in [1.165, 1.54) is 6.42 Å². The van der Waals surface area contributed by atoms with Crippen molar-refractivity contribution in [3.8, 4) is 0 Å². The second-order valence-electron chi connectivity index (χ2n) is 5.87. The van der Waals surface area contributed by atoms with Gasteiger partial charge in [0, 0.05) is 19.1 Å². The molecule has 2 aliphatic rings. The number of carbonyl (C=O) groups is 1. The number of rotatable bonds is 6. The SMILES string of the molecule is CCCNC1COCC1C(=O)NCC1CCN(C)C1. The minimum Gasteiger partial charge on any atom is -0.379 e. The molecular formula is C14H27N3O2. The van der Waals surface area contributed by atoms with Crippen molar-refractivity contribution in [2.75, 3.05) is 46.4 Å². The van der Waals surface area contributed by atoms with Crippen LogP contribution >= 0.6 is 0 Å². The Morgan fingerprint density at radius 2 is 2.26 bits per heavy atom. The molecule has 19 heavy (non-hydrogen) atoms. The molecule has 110 valence electrons. The van der Waals surface area contributed by atoms with Crippen LogP contribution in [0.4, 0.5) is 0 Å². The van der Waals surface area contributed by atoms with Crippen molar-refractivity contribution >= 4 is 5.91 Å². The molecule has 0 aromatic rings. The molecule has 1 amide bonds. The van der Waals surface area contributed by atoms with Crippen LogP contribution in [0.25, 0.3) is 0 Å². The predicted octanol–water partition coefficient (Wildman–Crippen LogP) is 0.0689. The summed E-state index contributed by atoms with van der Waals surface area (Å²) in [5.41, 5.74) is 0. The van der Waals surface area contributed by atoms with E-state index in [2.05, 4.69) is 29.5 Å². The minimum atomic E-state index is -0.0225. The Morgan fingerprint density at radius 1 is 1.42 bits per heavy atom. The Hall–Kier alpha value is -0.650. The topological polar surface area (TPSA) is 53.6 Å². The molecule has 2 aliphatic heterocycles. The highest BCUT2D eigenvalue weighted by molar-refractivity contribution is 5.79. The molecule has 0 aromatic carbocycles. The number of carbonyl (C=O) groups excluding carboxylic acids is 1. The van der Waals surface area contributed by atoms with Crippen LogP contribution in [-0.4, -0.2) is 63.3 Å². The molecular weight excluding hydrogens is 242 g/mol. The summed E-state index contributed by atoms with van der Waals surface area (Å²) >= 11 is 0. The van der Waals surface area contributed by atoms with Crippen molar-refractivity contribution in [2.24, 2.45) is 11.8 Å². The van der Waals surface area contributed by atoms with Gasteiger partial charge in [-0.15, -0.1) is 0 Å². The Morgan fingerprint density at radius 3 is 2.95 bits per heavy atom. The van der Waals surface area contributed by atoms with Crippen molar-refractivity contribution in [1.82, 2.24) is 15.5 Å². The van der Waals surface area contributed by atoms with Crippen LogP contribution in [0.3, 0.4) is 0 Å². The summed E-state index contributed by atoms with van der Waals surface area (Å²) in [6.07, 6.45) is 2.27. The maximum Gasteiger partial charge on any atom is 0.227 e. The van der Waals surface area contributed by atoms with Gasteiger partial charge in [0.1, 0.15) is 0 Å². The number of hydrogen-bond donors (Lipinski definition) is 2. The van der Waals surface area contributed by atoms with E-state index in [-0.39, 0.29) is 17.9 Å². The summed E-state index contributed by atoms with van der Waals surface area (Å²) in [4.78, 5) is 14.5. The summed E-state index contributed by atoms with van der Waals surface area (Å²) < 4.78 is 5.45. The van der Waals surface area contributed by atoms with Crippen LogP contribution in [-0.2, 0) is 9.53 Å². The molecule has 0 bridgehead atoms. The van der Waals surface area contributed by atoms with E-state index in [1.54, 1.807) is 0 Å². The van der Waals surface area contributed by atoms with Gasteiger partial charge in [0.15, 0.2) is 0 Å². The molecule has 3 unspecified atom stereocenters. The molecule has 5 heteroatoms. The fourth-order valence-corrected chi connectivity index (χ4v) is 2.91.